The number of hydrogen-bond donors (Lipinski definition) is 1. The molecule has 0 radical (unpaired) electrons. The zero-order chi connectivity index (χ0) is 17.4. The standard InChI is InChI=1S/C19H30N2O2/c1-6-17(19(23)20-12-14(3)4)21(18(22)7-2)13-16-10-8-9-15(5)11-16/h8-11,14,17H,6-7,12-13H2,1-5H3,(H,20,23)/t17-/m0/s1. The number of nitrogens with zero attached hydrogens (tertiary/aromatic N) is 1. The van der Waals surface area contributed by atoms with Crippen LogP contribution in [-0.2, 0) is 16.1 Å². The summed E-state index contributed by atoms with van der Waals surface area (Å²) in [6, 6.07) is 7.67. The van der Waals surface area contributed by atoms with E-state index in [1.807, 2.05) is 39.0 Å². The fourth-order valence-corrected chi connectivity index (χ4v) is 2.55. The van der Waals surface area contributed by atoms with Crippen LogP contribution in [0.3, 0.4) is 0 Å². The van der Waals surface area contributed by atoms with Crippen molar-refractivity contribution in [1.82, 2.24) is 10.2 Å². The average molecular weight is 318 g/mol. The number of carbonyl (C=O) groups excluding carboxylic acids is 2. The molecule has 0 unspecified atom stereocenters. The summed E-state index contributed by atoms with van der Waals surface area (Å²) in [5, 5.41) is 2.96. The molecule has 1 aromatic carbocycles. The van der Waals surface area contributed by atoms with Crippen LogP contribution in [0.1, 0.15) is 51.7 Å². The topological polar surface area (TPSA) is 49.4 Å². The minimum Gasteiger partial charge on any atom is -0.354 e. The van der Waals surface area contributed by atoms with Gasteiger partial charge in [-0.25, -0.2) is 0 Å². The third-order valence-electron chi connectivity index (χ3n) is 3.81. The molecule has 0 aromatic heterocycles. The van der Waals surface area contributed by atoms with E-state index >= 15 is 0 Å². The largest absolute Gasteiger partial charge is 0.354 e. The fraction of sp³-hybridized carbons (Fsp3) is 0.579. The lowest BCUT2D eigenvalue weighted by atomic mass is 10.1. The van der Waals surface area contributed by atoms with Gasteiger partial charge in [-0.2, -0.15) is 0 Å². The molecule has 1 aromatic rings. The molecule has 0 aliphatic carbocycles. The van der Waals surface area contributed by atoms with Gasteiger partial charge in [0.2, 0.25) is 11.8 Å². The Hall–Kier alpha value is -1.84. The van der Waals surface area contributed by atoms with E-state index in [1.165, 1.54) is 0 Å². The Morgan fingerprint density at radius 1 is 1.22 bits per heavy atom. The van der Waals surface area contributed by atoms with Gasteiger partial charge in [-0.15, -0.1) is 0 Å². The monoisotopic (exact) mass is 318 g/mol. The summed E-state index contributed by atoms with van der Waals surface area (Å²) in [5.41, 5.74) is 2.21. The van der Waals surface area contributed by atoms with Gasteiger partial charge in [0.25, 0.3) is 0 Å². The van der Waals surface area contributed by atoms with Gasteiger partial charge in [-0.1, -0.05) is 57.5 Å². The molecule has 4 nitrogen and oxygen atoms in total. The van der Waals surface area contributed by atoms with E-state index in [2.05, 4.69) is 25.2 Å². The SMILES string of the molecule is CCC(=O)N(Cc1cccc(C)c1)[C@@H](CC)C(=O)NCC(C)C. The molecular formula is C19H30N2O2. The van der Waals surface area contributed by atoms with Crippen LogP contribution in [-0.4, -0.2) is 29.3 Å². The van der Waals surface area contributed by atoms with Gasteiger partial charge in [0.05, 0.1) is 0 Å². The van der Waals surface area contributed by atoms with Crippen LogP contribution in [0.4, 0.5) is 0 Å². The molecule has 0 spiro atoms. The maximum Gasteiger partial charge on any atom is 0.242 e. The second kappa shape index (κ2) is 9.33. The van der Waals surface area contributed by atoms with E-state index in [-0.39, 0.29) is 11.8 Å². The molecule has 1 atom stereocenters. The molecule has 0 saturated carbocycles. The molecule has 4 heteroatoms. The molecule has 23 heavy (non-hydrogen) atoms. The lowest BCUT2D eigenvalue weighted by Crippen LogP contribution is -2.49. The smallest absolute Gasteiger partial charge is 0.242 e. The zero-order valence-corrected chi connectivity index (χ0v) is 15.1. The van der Waals surface area contributed by atoms with Crippen molar-refractivity contribution >= 4 is 11.8 Å². The van der Waals surface area contributed by atoms with Gasteiger partial charge in [-0.05, 0) is 24.8 Å². The van der Waals surface area contributed by atoms with Crippen LogP contribution in [0.5, 0.6) is 0 Å². The molecule has 0 saturated heterocycles. The Balaban J connectivity index is 2.93. The highest BCUT2D eigenvalue weighted by molar-refractivity contribution is 5.87. The fourth-order valence-electron chi connectivity index (χ4n) is 2.55. The minimum atomic E-state index is -0.415. The van der Waals surface area contributed by atoms with Crippen molar-refractivity contribution in [2.45, 2.75) is 60.0 Å². The first-order valence-corrected chi connectivity index (χ1v) is 8.51. The van der Waals surface area contributed by atoms with E-state index in [1.54, 1.807) is 4.90 Å². The first-order chi connectivity index (χ1) is 10.9. The van der Waals surface area contributed by atoms with Crippen LogP contribution in [0.15, 0.2) is 24.3 Å². The number of amides is 2. The van der Waals surface area contributed by atoms with Crippen molar-refractivity contribution in [1.29, 1.82) is 0 Å². The summed E-state index contributed by atoms with van der Waals surface area (Å²) >= 11 is 0. The Labute approximate surface area is 140 Å². The lowest BCUT2D eigenvalue weighted by molar-refractivity contribution is -0.141. The van der Waals surface area contributed by atoms with Crippen LogP contribution in [0, 0.1) is 12.8 Å². The zero-order valence-electron chi connectivity index (χ0n) is 15.1. The second-order valence-corrected chi connectivity index (χ2v) is 6.43. The molecular weight excluding hydrogens is 288 g/mol. The van der Waals surface area contributed by atoms with E-state index in [9.17, 15) is 9.59 Å². The third kappa shape index (κ3) is 6.05. The van der Waals surface area contributed by atoms with Crippen LogP contribution in [0.2, 0.25) is 0 Å². The van der Waals surface area contributed by atoms with Gasteiger partial charge in [0.1, 0.15) is 6.04 Å². The normalized spacial score (nSPS) is 12.1. The first kappa shape index (κ1) is 19.2. The maximum absolute atomic E-state index is 12.5. The van der Waals surface area contributed by atoms with Crippen molar-refractivity contribution in [2.24, 2.45) is 5.92 Å². The molecule has 1 rings (SSSR count). The molecule has 0 aliphatic heterocycles. The minimum absolute atomic E-state index is 0.0121. The molecule has 0 fully saturated rings. The summed E-state index contributed by atoms with van der Waals surface area (Å²) < 4.78 is 0. The number of nitrogens with one attached hydrogen (secondary N) is 1. The predicted molar refractivity (Wildman–Crippen MR) is 93.9 cm³/mol. The number of aryl methyl sites for hydroxylation is 1. The van der Waals surface area contributed by atoms with Crippen molar-refractivity contribution < 1.29 is 9.59 Å². The number of carbonyl (C=O) groups is 2. The van der Waals surface area contributed by atoms with Crippen LogP contribution in [0.25, 0.3) is 0 Å². The van der Waals surface area contributed by atoms with Crippen molar-refractivity contribution in [3.8, 4) is 0 Å². The molecule has 0 heterocycles. The highest BCUT2D eigenvalue weighted by Gasteiger charge is 2.27. The molecule has 1 N–H and O–H groups in total. The Kier molecular flexibility index (Phi) is 7.79. The van der Waals surface area contributed by atoms with Crippen LogP contribution >= 0.6 is 0 Å². The van der Waals surface area contributed by atoms with Gasteiger partial charge in [-0.3, -0.25) is 9.59 Å². The van der Waals surface area contributed by atoms with Crippen molar-refractivity contribution in [3.05, 3.63) is 35.4 Å². The summed E-state index contributed by atoms with van der Waals surface area (Å²) in [5.74, 6) is 0.345. The van der Waals surface area contributed by atoms with Crippen LogP contribution < -0.4 is 5.32 Å². The number of hydrogen-bond acceptors (Lipinski definition) is 2. The average Bonchev–Trinajstić information content (AvgIpc) is 2.52. The molecule has 2 amide bonds. The van der Waals surface area contributed by atoms with E-state index < -0.39 is 6.04 Å². The Morgan fingerprint density at radius 2 is 1.91 bits per heavy atom. The van der Waals surface area contributed by atoms with E-state index in [4.69, 9.17) is 0 Å². The third-order valence-corrected chi connectivity index (χ3v) is 3.81. The molecule has 0 bridgehead atoms. The lowest BCUT2D eigenvalue weighted by Gasteiger charge is -2.30. The van der Waals surface area contributed by atoms with Crippen molar-refractivity contribution in [2.75, 3.05) is 6.54 Å². The second-order valence-electron chi connectivity index (χ2n) is 6.43. The molecule has 128 valence electrons. The first-order valence-electron chi connectivity index (χ1n) is 8.51. The van der Waals surface area contributed by atoms with Gasteiger partial charge in [0.15, 0.2) is 0 Å². The van der Waals surface area contributed by atoms with Gasteiger partial charge in [0, 0.05) is 19.5 Å². The Bertz CT molecular complexity index is 526. The maximum atomic E-state index is 12.5. The summed E-state index contributed by atoms with van der Waals surface area (Å²) in [6.07, 6.45) is 1.02. The number of rotatable bonds is 8. The summed E-state index contributed by atoms with van der Waals surface area (Å²) in [6.45, 7) is 11.0. The number of benzene rings is 1. The summed E-state index contributed by atoms with van der Waals surface area (Å²) in [7, 11) is 0. The van der Waals surface area contributed by atoms with Crippen molar-refractivity contribution in [3.63, 3.8) is 0 Å². The quantitative estimate of drug-likeness (QED) is 0.799. The highest BCUT2D eigenvalue weighted by Crippen LogP contribution is 2.14. The summed E-state index contributed by atoms with van der Waals surface area (Å²) in [4.78, 5) is 26.6. The van der Waals surface area contributed by atoms with E-state index in [0.717, 1.165) is 11.1 Å². The van der Waals surface area contributed by atoms with E-state index in [0.29, 0.717) is 31.8 Å². The highest BCUT2D eigenvalue weighted by atomic mass is 16.2. The Morgan fingerprint density at radius 3 is 2.43 bits per heavy atom. The van der Waals surface area contributed by atoms with Gasteiger partial charge < -0.3 is 10.2 Å². The predicted octanol–water partition coefficient (Wildman–Crippen LogP) is 3.28. The molecule has 0 aliphatic rings. The van der Waals surface area contributed by atoms with Gasteiger partial charge >= 0.3 is 0 Å².